The van der Waals surface area contributed by atoms with Crippen LogP contribution >= 0.6 is 15.9 Å². The minimum atomic E-state index is -0.308. The predicted molar refractivity (Wildman–Crippen MR) is 76.3 cm³/mol. The summed E-state index contributed by atoms with van der Waals surface area (Å²) in [4.78, 5) is 2.07. The lowest BCUT2D eigenvalue weighted by Crippen LogP contribution is -2.45. The first-order valence-electron chi connectivity index (χ1n) is 5.69. The minimum absolute atomic E-state index is 0.0422. The predicted octanol–water partition coefficient (Wildman–Crippen LogP) is 2.68. The average molecular weight is 301 g/mol. The van der Waals surface area contributed by atoms with Crippen LogP contribution in [0.1, 0.15) is 32.4 Å². The monoisotopic (exact) mass is 300 g/mol. The zero-order valence-electron chi connectivity index (χ0n) is 10.9. The average Bonchev–Trinajstić information content (AvgIpc) is 2.28. The molecule has 0 fully saturated rings. The molecule has 1 rings (SSSR count). The third kappa shape index (κ3) is 3.21. The fourth-order valence-corrected chi connectivity index (χ4v) is 2.01. The van der Waals surface area contributed by atoms with Gasteiger partial charge < -0.3 is 15.7 Å². The van der Waals surface area contributed by atoms with Crippen LogP contribution in [0.4, 0.5) is 5.69 Å². The van der Waals surface area contributed by atoms with Crippen molar-refractivity contribution >= 4 is 21.6 Å². The lowest BCUT2D eigenvalue weighted by atomic mass is 10.00. The molecule has 0 saturated heterocycles. The van der Waals surface area contributed by atoms with E-state index in [-0.39, 0.29) is 18.2 Å². The third-order valence-corrected chi connectivity index (χ3v) is 3.63. The molecule has 0 aliphatic heterocycles. The summed E-state index contributed by atoms with van der Waals surface area (Å²) in [5.41, 5.74) is 7.82. The first-order valence-corrected chi connectivity index (χ1v) is 6.48. The molecule has 0 heterocycles. The molecule has 1 aromatic carbocycles. The molecule has 1 aromatic rings. The van der Waals surface area contributed by atoms with Gasteiger partial charge in [0.15, 0.2) is 0 Å². The van der Waals surface area contributed by atoms with E-state index in [1.807, 2.05) is 46.0 Å². The molecule has 0 aliphatic carbocycles. The van der Waals surface area contributed by atoms with Gasteiger partial charge in [0.05, 0.1) is 12.1 Å². The molecule has 0 saturated carbocycles. The molecular formula is C13H21BrN2O. The number of likely N-dealkylation sites (N-methyl/N-ethyl adjacent to an activating group) is 1. The summed E-state index contributed by atoms with van der Waals surface area (Å²) in [7, 11) is 1.98. The first kappa shape index (κ1) is 14.5. The second kappa shape index (κ2) is 5.38. The molecular weight excluding hydrogens is 280 g/mol. The maximum Gasteiger partial charge on any atom is 0.0658 e. The zero-order valence-corrected chi connectivity index (χ0v) is 12.5. The Bertz CT molecular complexity index is 391. The molecule has 0 aliphatic rings. The Morgan fingerprint density at radius 2 is 2.06 bits per heavy atom. The van der Waals surface area contributed by atoms with Gasteiger partial charge in [-0.1, -0.05) is 15.9 Å². The Kier molecular flexibility index (Phi) is 4.58. The van der Waals surface area contributed by atoms with Gasteiger partial charge in [0, 0.05) is 23.2 Å². The fourth-order valence-electron chi connectivity index (χ4n) is 1.63. The van der Waals surface area contributed by atoms with Crippen LogP contribution in [0.3, 0.4) is 0 Å². The number of nitrogens with zero attached hydrogens (tertiary/aromatic N) is 1. The summed E-state index contributed by atoms with van der Waals surface area (Å²) in [6.07, 6.45) is 0. The molecule has 96 valence electrons. The van der Waals surface area contributed by atoms with Crippen LogP contribution in [-0.4, -0.2) is 24.3 Å². The maximum atomic E-state index is 9.43. The molecule has 0 bridgehead atoms. The van der Waals surface area contributed by atoms with Crippen molar-refractivity contribution in [3.8, 4) is 0 Å². The number of aliphatic hydroxyl groups is 1. The van der Waals surface area contributed by atoms with Crippen LogP contribution < -0.4 is 10.6 Å². The van der Waals surface area contributed by atoms with Crippen LogP contribution in [0.15, 0.2) is 22.7 Å². The number of hydrogen-bond acceptors (Lipinski definition) is 3. The Morgan fingerprint density at radius 3 is 2.53 bits per heavy atom. The molecule has 0 radical (unpaired) electrons. The lowest BCUT2D eigenvalue weighted by Gasteiger charge is -2.37. The van der Waals surface area contributed by atoms with E-state index >= 15 is 0 Å². The standard InChI is InChI=1S/C13H21BrN2O/c1-9(15)11-7-10(14)5-6-12(11)16(4)13(2,3)8-17/h5-7,9,17H,8,15H2,1-4H3. The second-order valence-corrected chi connectivity index (χ2v) is 5.94. The van der Waals surface area contributed by atoms with Gasteiger partial charge >= 0.3 is 0 Å². The lowest BCUT2D eigenvalue weighted by molar-refractivity contribution is 0.216. The number of aliphatic hydroxyl groups excluding tert-OH is 1. The highest BCUT2D eigenvalue weighted by atomic mass is 79.9. The van der Waals surface area contributed by atoms with Crippen LogP contribution in [-0.2, 0) is 0 Å². The van der Waals surface area contributed by atoms with Gasteiger partial charge in [0.2, 0.25) is 0 Å². The van der Waals surface area contributed by atoms with Crippen molar-refractivity contribution in [2.45, 2.75) is 32.4 Å². The van der Waals surface area contributed by atoms with Gasteiger partial charge in [-0.15, -0.1) is 0 Å². The van der Waals surface area contributed by atoms with E-state index in [1.54, 1.807) is 0 Å². The van der Waals surface area contributed by atoms with Gasteiger partial charge in [-0.25, -0.2) is 0 Å². The normalized spacial score (nSPS) is 13.6. The summed E-state index contributed by atoms with van der Waals surface area (Å²) < 4.78 is 1.02. The number of anilines is 1. The van der Waals surface area contributed by atoms with Gasteiger partial charge in [-0.2, -0.15) is 0 Å². The van der Waals surface area contributed by atoms with E-state index < -0.39 is 0 Å². The van der Waals surface area contributed by atoms with E-state index in [0.717, 1.165) is 15.7 Å². The number of benzene rings is 1. The fraction of sp³-hybridized carbons (Fsp3) is 0.538. The molecule has 0 amide bonds. The smallest absolute Gasteiger partial charge is 0.0658 e. The molecule has 4 heteroatoms. The summed E-state index contributed by atoms with van der Waals surface area (Å²) in [5.74, 6) is 0. The Hall–Kier alpha value is -0.580. The largest absolute Gasteiger partial charge is 0.394 e. The zero-order chi connectivity index (χ0) is 13.2. The molecule has 3 nitrogen and oxygen atoms in total. The summed E-state index contributed by atoms with van der Waals surface area (Å²) >= 11 is 3.46. The van der Waals surface area contributed by atoms with Crippen molar-refractivity contribution in [1.29, 1.82) is 0 Å². The number of halogens is 1. The van der Waals surface area contributed by atoms with Crippen molar-refractivity contribution in [3.63, 3.8) is 0 Å². The van der Waals surface area contributed by atoms with Gasteiger partial charge in [0.1, 0.15) is 0 Å². The van der Waals surface area contributed by atoms with Gasteiger partial charge in [-0.05, 0) is 44.5 Å². The molecule has 1 atom stereocenters. The Balaban J connectivity index is 3.22. The van der Waals surface area contributed by atoms with Crippen LogP contribution in [0.2, 0.25) is 0 Å². The third-order valence-electron chi connectivity index (χ3n) is 3.14. The topological polar surface area (TPSA) is 49.5 Å². The van der Waals surface area contributed by atoms with Crippen LogP contribution in [0.5, 0.6) is 0 Å². The first-order chi connectivity index (χ1) is 7.79. The summed E-state index contributed by atoms with van der Waals surface area (Å²) in [5, 5.41) is 9.43. The van der Waals surface area contributed by atoms with Crippen molar-refractivity contribution in [2.24, 2.45) is 5.73 Å². The number of nitrogens with two attached hydrogens (primary N) is 1. The maximum absolute atomic E-state index is 9.43. The summed E-state index contributed by atoms with van der Waals surface area (Å²) in [6.45, 7) is 6.06. The second-order valence-electron chi connectivity index (χ2n) is 5.02. The van der Waals surface area contributed by atoms with Gasteiger partial charge in [-0.3, -0.25) is 0 Å². The van der Waals surface area contributed by atoms with E-state index in [2.05, 4.69) is 20.8 Å². The van der Waals surface area contributed by atoms with Gasteiger partial charge in [0.25, 0.3) is 0 Å². The number of rotatable bonds is 4. The molecule has 0 aromatic heterocycles. The summed E-state index contributed by atoms with van der Waals surface area (Å²) in [6, 6.07) is 6.01. The van der Waals surface area contributed by atoms with E-state index in [0.29, 0.717) is 0 Å². The van der Waals surface area contributed by atoms with Crippen molar-refractivity contribution < 1.29 is 5.11 Å². The highest BCUT2D eigenvalue weighted by Gasteiger charge is 2.25. The van der Waals surface area contributed by atoms with Crippen LogP contribution in [0, 0.1) is 0 Å². The Labute approximate surface area is 112 Å². The van der Waals surface area contributed by atoms with Crippen molar-refractivity contribution in [1.82, 2.24) is 0 Å². The highest BCUT2D eigenvalue weighted by molar-refractivity contribution is 9.10. The van der Waals surface area contributed by atoms with E-state index in [4.69, 9.17) is 5.73 Å². The Morgan fingerprint density at radius 1 is 1.47 bits per heavy atom. The van der Waals surface area contributed by atoms with E-state index in [1.165, 1.54) is 0 Å². The van der Waals surface area contributed by atoms with Crippen molar-refractivity contribution in [3.05, 3.63) is 28.2 Å². The minimum Gasteiger partial charge on any atom is -0.394 e. The highest BCUT2D eigenvalue weighted by Crippen LogP contribution is 2.31. The van der Waals surface area contributed by atoms with Crippen molar-refractivity contribution in [2.75, 3.05) is 18.6 Å². The molecule has 17 heavy (non-hydrogen) atoms. The molecule has 3 N–H and O–H groups in total. The molecule has 0 spiro atoms. The number of hydrogen-bond donors (Lipinski definition) is 2. The molecule has 1 unspecified atom stereocenters. The van der Waals surface area contributed by atoms with E-state index in [9.17, 15) is 5.11 Å². The quantitative estimate of drug-likeness (QED) is 0.899. The SMILES string of the molecule is CC(N)c1cc(Br)ccc1N(C)C(C)(C)CO. The van der Waals surface area contributed by atoms with Crippen LogP contribution in [0.25, 0.3) is 0 Å².